The molecule has 1 aromatic carbocycles. The van der Waals surface area contributed by atoms with Crippen molar-refractivity contribution in [3.05, 3.63) is 45.6 Å². The second-order valence-electron chi connectivity index (χ2n) is 5.71. The molecule has 0 radical (unpaired) electrons. The Balaban J connectivity index is 1.73. The normalized spacial score (nSPS) is 15.0. The van der Waals surface area contributed by atoms with E-state index in [1.807, 2.05) is 0 Å². The Morgan fingerprint density at radius 1 is 1.12 bits per heavy atom. The topological polar surface area (TPSA) is 98.9 Å². The molecule has 0 unspecified atom stereocenters. The molecule has 0 bridgehead atoms. The van der Waals surface area contributed by atoms with Crippen molar-refractivity contribution < 1.29 is 9.59 Å². The lowest BCUT2D eigenvalue weighted by Crippen LogP contribution is -2.42. The molecule has 0 spiro atoms. The van der Waals surface area contributed by atoms with Gasteiger partial charge in [-0.2, -0.15) is 5.10 Å². The SMILES string of the molecule is O=C(NC1CCNCC1)c1cn[nH]c1NC(=O)c1c(Cl)cccc1Cl. The molecule has 2 heterocycles. The van der Waals surface area contributed by atoms with E-state index in [0.29, 0.717) is 0 Å². The highest BCUT2D eigenvalue weighted by molar-refractivity contribution is 6.40. The number of aromatic nitrogens is 2. The van der Waals surface area contributed by atoms with Crippen LogP contribution in [0, 0.1) is 0 Å². The Kier molecular flexibility index (Phi) is 5.57. The van der Waals surface area contributed by atoms with Gasteiger partial charge in [0.1, 0.15) is 11.4 Å². The zero-order valence-corrected chi connectivity index (χ0v) is 14.7. The third-order valence-corrected chi connectivity index (χ3v) is 4.62. The molecule has 132 valence electrons. The van der Waals surface area contributed by atoms with Gasteiger partial charge in [-0.3, -0.25) is 14.7 Å². The largest absolute Gasteiger partial charge is 0.349 e. The Hall–Kier alpha value is -2.09. The van der Waals surface area contributed by atoms with Crippen molar-refractivity contribution in [2.24, 2.45) is 0 Å². The highest BCUT2D eigenvalue weighted by Crippen LogP contribution is 2.25. The van der Waals surface area contributed by atoms with Crippen LogP contribution in [0.15, 0.2) is 24.4 Å². The van der Waals surface area contributed by atoms with Crippen LogP contribution in [-0.2, 0) is 0 Å². The van der Waals surface area contributed by atoms with Crippen molar-refractivity contribution in [1.82, 2.24) is 20.8 Å². The molecule has 1 aromatic heterocycles. The molecule has 7 nitrogen and oxygen atoms in total. The van der Waals surface area contributed by atoms with E-state index in [1.165, 1.54) is 6.20 Å². The van der Waals surface area contributed by atoms with Crippen LogP contribution < -0.4 is 16.0 Å². The van der Waals surface area contributed by atoms with E-state index in [-0.39, 0.29) is 38.9 Å². The van der Waals surface area contributed by atoms with Gasteiger partial charge in [0.25, 0.3) is 11.8 Å². The maximum atomic E-state index is 12.5. The number of nitrogens with one attached hydrogen (secondary N) is 4. The second-order valence-corrected chi connectivity index (χ2v) is 6.52. The maximum absolute atomic E-state index is 12.5. The molecule has 1 aliphatic rings. The first-order valence-corrected chi connectivity index (χ1v) is 8.62. The van der Waals surface area contributed by atoms with Crippen molar-refractivity contribution >= 4 is 40.8 Å². The molecular formula is C16H17Cl2N5O2. The van der Waals surface area contributed by atoms with Crippen LogP contribution in [0.2, 0.25) is 10.0 Å². The minimum atomic E-state index is -0.518. The van der Waals surface area contributed by atoms with E-state index in [2.05, 4.69) is 26.1 Å². The summed E-state index contributed by atoms with van der Waals surface area (Å²) in [7, 11) is 0. The summed E-state index contributed by atoms with van der Waals surface area (Å²) in [5.74, 6) is -0.607. The summed E-state index contributed by atoms with van der Waals surface area (Å²) in [6.45, 7) is 1.73. The lowest BCUT2D eigenvalue weighted by atomic mass is 10.1. The summed E-state index contributed by atoms with van der Waals surface area (Å²) in [6, 6.07) is 4.89. The Labute approximate surface area is 154 Å². The van der Waals surface area contributed by atoms with Crippen LogP contribution in [0.5, 0.6) is 0 Å². The molecule has 3 rings (SSSR count). The van der Waals surface area contributed by atoms with Gasteiger partial charge in [0.2, 0.25) is 0 Å². The van der Waals surface area contributed by atoms with Crippen molar-refractivity contribution in [2.45, 2.75) is 18.9 Å². The average molecular weight is 382 g/mol. The number of piperidine rings is 1. The fraction of sp³-hybridized carbons (Fsp3) is 0.312. The van der Waals surface area contributed by atoms with Gasteiger partial charge < -0.3 is 16.0 Å². The number of H-pyrrole nitrogens is 1. The fourth-order valence-electron chi connectivity index (χ4n) is 2.67. The quantitative estimate of drug-likeness (QED) is 0.653. The molecule has 25 heavy (non-hydrogen) atoms. The van der Waals surface area contributed by atoms with Crippen molar-refractivity contribution in [3.63, 3.8) is 0 Å². The van der Waals surface area contributed by atoms with Gasteiger partial charge >= 0.3 is 0 Å². The van der Waals surface area contributed by atoms with Crippen LogP contribution >= 0.6 is 23.2 Å². The van der Waals surface area contributed by atoms with Crippen LogP contribution in [-0.4, -0.2) is 41.1 Å². The van der Waals surface area contributed by atoms with Gasteiger partial charge in [-0.15, -0.1) is 0 Å². The van der Waals surface area contributed by atoms with Gasteiger partial charge in [0.05, 0.1) is 21.8 Å². The van der Waals surface area contributed by atoms with E-state index in [0.717, 1.165) is 25.9 Å². The fourth-order valence-corrected chi connectivity index (χ4v) is 3.24. The lowest BCUT2D eigenvalue weighted by molar-refractivity contribution is 0.0930. The van der Waals surface area contributed by atoms with Crippen molar-refractivity contribution in [1.29, 1.82) is 0 Å². The van der Waals surface area contributed by atoms with Crippen LogP contribution in [0.1, 0.15) is 33.6 Å². The number of benzene rings is 1. The van der Waals surface area contributed by atoms with Crippen LogP contribution in [0.25, 0.3) is 0 Å². The Morgan fingerprint density at radius 2 is 1.80 bits per heavy atom. The molecule has 2 aromatic rings. The molecule has 2 amide bonds. The van der Waals surface area contributed by atoms with Gasteiger partial charge in [0.15, 0.2) is 0 Å². The predicted octanol–water partition coefficient (Wildman–Crippen LogP) is 2.45. The highest BCUT2D eigenvalue weighted by atomic mass is 35.5. The molecule has 1 saturated heterocycles. The van der Waals surface area contributed by atoms with Crippen molar-refractivity contribution in [3.8, 4) is 0 Å². The van der Waals surface area contributed by atoms with E-state index in [4.69, 9.17) is 23.2 Å². The zero-order chi connectivity index (χ0) is 17.8. The molecule has 0 atom stereocenters. The number of rotatable bonds is 4. The lowest BCUT2D eigenvalue weighted by Gasteiger charge is -2.23. The number of carbonyl (C=O) groups is 2. The smallest absolute Gasteiger partial charge is 0.259 e. The number of halogens is 2. The standard InChI is InChI=1S/C16H17Cl2N5O2/c17-11-2-1-3-12(18)13(11)16(25)22-14-10(8-20-23-14)15(24)21-9-4-6-19-7-5-9/h1-3,8-9,19H,4-7H2,(H,21,24)(H2,20,22,23,25). The third-order valence-electron chi connectivity index (χ3n) is 3.99. The Morgan fingerprint density at radius 3 is 2.48 bits per heavy atom. The maximum Gasteiger partial charge on any atom is 0.259 e. The van der Waals surface area contributed by atoms with E-state index in [1.54, 1.807) is 18.2 Å². The summed E-state index contributed by atoms with van der Waals surface area (Å²) in [4.78, 5) is 24.9. The van der Waals surface area contributed by atoms with E-state index >= 15 is 0 Å². The summed E-state index contributed by atoms with van der Waals surface area (Å²) < 4.78 is 0. The van der Waals surface area contributed by atoms with E-state index in [9.17, 15) is 9.59 Å². The van der Waals surface area contributed by atoms with Crippen molar-refractivity contribution in [2.75, 3.05) is 18.4 Å². The van der Waals surface area contributed by atoms with Gasteiger partial charge in [-0.1, -0.05) is 29.3 Å². The number of nitrogens with zero attached hydrogens (tertiary/aromatic N) is 1. The first-order valence-electron chi connectivity index (χ1n) is 7.86. The highest BCUT2D eigenvalue weighted by Gasteiger charge is 2.22. The predicted molar refractivity (Wildman–Crippen MR) is 96.4 cm³/mol. The third kappa shape index (κ3) is 4.12. The monoisotopic (exact) mass is 381 g/mol. The Bertz CT molecular complexity index is 766. The second kappa shape index (κ2) is 7.86. The van der Waals surface area contributed by atoms with E-state index < -0.39 is 5.91 Å². The van der Waals surface area contributed by atoms with Crippen LogP contribution in [0.3, 0.4) is 0 Å². The molecule has 1 aliphatic heterocycles. The first kappa shape index (κ1) is 17.7. The average Bonchev–Trinajstić information content (AvgIpc) is 3.04. The summed E-state index contributed by atoms with van der Waals surface area (Å²) >= 11 is 12.1. The summed E-state index contributed by atoms with van der Waals surface area (Å²) in [5, 5.41) is 15.7. The molecule has 0 aliphatic carbocycles. The number of aromatic amines is 1. The minimum Gasteiger partial charge on any atom is -0.349 e. The molecule has 0 saturated carbocycles. The number of anilines is 1. The molecule has 4 N–H and O–H groups in total. The van der Waals surface area contributed by atoms with Gasteiger partial charge in [0, 0.05) is 6.04 Å². The minimum absolute atomic E-state index is 0.102. The zero-order valence-electron chi connectivity index (χ0n) is 13.2. The summed E-state index contributed by atoms with van der Waals surface area (Å²) in [6.07, 6.45) is 3.10. The molecular weight excluding hydrogens is 365 g/mol. The molecule has 1 fully saturated rings. The number of hydrogen-bond acceptors (Lipinski definition) is 4. The first-order chi connectivity index (χ1) is 12.1. The van der Waals surface area contributed by atoms with Gasteiger partial charge in [-0.25, -0.2) is 0 Å². The number of amides is 2. The van der Waals surface area contributed by atoms with Gasteiger partial charge in [-0.05, 0) is 38.1 Å². The number of hydrogen-bond donors (Lipinski definition) is 4. The molecule has 9 heteroatoms. The summed E-state index contributed by atoms with van der Waals surface area (Å²) in [5.41, 5.74) is 0.403. The van der Waals surface area contributed by atoms with Crippen LogP contribution in [0.4, 0.5) is 5.82 Å². The number of carbonyl (C=O) groups excluding carboxylic acids is 2.